The van der Waals surface area contributed by atoms with E-state index in [-0.39, 0.29) is 23.3 Å². The van der Waals surface area contributed by atoms with Crippen molar-refractivity contribution in [2.75, 3.05) is 23.7 Å². The number of halogens is 2. The van der Waals surface area contributed by atoms with Gasteiger partial charge in [-0.1, -0.05) is 67.7 Å². The van der Waals surface area contributed by atoms with Gasteiger partial charge in [0.2, 0.25) is 11.8 Å². The van der Waals surface area contributed by atoms with Gasteiger partial charge in [-0.15, -0.1) is 11.8 Å². The Hall–Kier alpha value is -2.72. The topological polar surface area (TPSA) is 86.8 Å². The molecule has 3 aromatic carbocycles. The Morgan fingerprint density at radius 1 is 0.952 bits per heavy atom. The number of nitrogens with one attached hydrogen (secondary N) is 1. The number of rotatable bonds is 13. The van der Waals surface area contributed by atoms with Gasteiger partial charge in [0, 0.05) is 18.0 Å². The molecule has 0 unspecified atom stereocenters. The lowest BCUT2D eigenvalue weighted by Crippen LogP contribution is -2.52. The average Bonchev–Trinajstić information content (AvgIpc) is 2.96. The highest BCUT2D eigenvalue weighted by atomic mass is 35.5. The van der Waals surface area contributed by atoms with Gasteiger partial charge in [-0.2, -0.15) is 0 Å². The van der Waals surface area contributed by atoms with Crippen LogP contribution in [0.5, 0.6) is 0 Å². The fraction of sp³-hybridized carbons (Fsp3) is 0.355. The van der Waals surface area contributed by atoms with E-state index in [1.807, 2.05) is 34.0 Å². The molecule has 1 N–H and O–H groups in total. The van der Waals surface area contributed by atoms with Crippen LogP contribution in [0.2, 0.25) is 10.0 Å². The molecule has 0 aromatic heterocycles. The quantitative estimate of drug-likeness (QED) is 0.206. The summed E-state index contributed by atoms with van der Waals surface area (Å²) in [7, 11) is -4.14. The van der Waals surface area contributed by atoms with Crippen LogP contribution in [-0.2, 0) is 26.2 Å². The van der Waals surface area contributed by atoms with Crippen molar-refractivity contribution in [3.05, 3.63) is 87.9 Å². The highest BCUT2D eigenvalue weighted by Crippen LogP contribution is 2.28. The minimum Gasteiger partial charge on any atom is -0.354 e. The molecule has 3 rings (SSSR count). The zero-order valence-electron chi connectivity index (χ0n) is 24.4. The summed E-state index contributed by atoms with van der Waals surface area (Å²) in [4.78, 5) is 29.9. The molecule has 42 heavy (non-hydrogen) atoms. The second kappa shape index (κ2) is 15.1. The first-order chi connectivity index (χ1) is 19.9. The molecule has 0 heterocycles. The lowest BCUT2D eigenvalue weighted by molar-refractivity contribution is -0.140. The SMILES string of the molecule is CC[C@@H](C(=O)NCC(C)C)N(Cc1ccc(Cl)c(Cl)c1)C(=O)CN(c1ccc(C)cc1)S(=O)(=O)c1ccc(SC)cc1. The van der Waals surface area contributed by atoms with Gasteiger partial charge >= 0.3 is 0 Å². The van der Waals surface area contributed by atoms with Crippen molar-refractivity contribution in [3.8, 4) is 0 Å². The molecule has 0 fully saturated rings. The summed E-state index contributed by atoms with van der Waals surface area (Å²) in [5.41, 5.74) is 1.95. The van der Waals surface area contributed by atoms with E-state index >= 15 is 0 Å². The fourth-order valence-corrected chi connectivity index (χ4v) is 6.43. The molecule has 2 amide bonds. The highest BCUT2D eigenvalue weighted by Gasteiger charge is 2.33. The van der Waals surface area contributed by atoms with E-state index < -0.39 is 28.5 Å². The number of anilines is 1. The van der Waals surface area contributed by atoms with Crippen LogP contribution in [0, 0.1) is 12.8 Å². The number of hydrogen-bond acceptors (Lipinski definition) is 5. The molecule has 3 aromatic rings. The zero-order chi connectivity index (χ0) is 31.0. The molecule has 0 bridgehead atoms. The summed E-state index contributed by atoms with van der Waals surface area (Å²) in [5, 5.41) is 3.60. The number of aryl methyl sites for hydroxylation is 1. The largest absolute Gasteiger partial charge is 0.354 e. The Bertz CT molecular complexity index is 1480. The van der Waals surface area contributed by atoms with Crippen LogP contribution >= 0.6 is 35.0 Å². The third-order valence-corrected chi connectivity index (χ3v) is 9.93. The van der Waals surface area contributed by atoms with Gasteiger partial charge in [0.25, 0.3) is 10.0 Å². The molecule has 0 aliphatic rings. The van der Waals surface area contributed by atoms with Crippen molar-refractivity contribution in [2.24, 2.45) is 5.92 Å². The smallest absolute Gasteiger partial charge is 0.264 e. The maximum atomic E-state index is 14.1. The summed E-state index contributed by atoms with van der Waals surface area (Å²) in [5.74, 6) is -0.625. The van der Waals surface area contributed by atoms with Gasteiger partial charge in [0.15, 0.2) is 0 Å². The van der Waals surface area contributed by atoms with Crippen molar-refractivity contribution in [3.63, 3.8) is 0 Å². The third-order valence-electron chi connectivity index (χ3n) is 6.66. The number of nitrogens with zero attached hydrogens (tertiary/aromatic N) is 2. The summed E-state index contributed by atoms with van der Waals surface area (Å²) in [6.07, 6.45) is 2.23. The van der Waals surface area contributed by atoms with Gasteiger partial charge in [-0.25, -0.2) is 8.42 Å². The Balaban J connectivity index is 2.06. The number of hydrogen-bond donors (Lipinski definition) is 1. The Labute approximate surface area is 263 Å². The molecule has 11 heteroatoms. The van der Waals surface area contributed by atoms with Crippen LogP contribution in [0.3, 0.4) is 0 Å². The molecular weight excluding hydrogens is 613 g/mol. The Morgan fingerprint density at radius 2 is 1.60 bits per heavy atom. The van der Waals surface area contributed by atoms with Crippen LogP contribution in [0.25, 0.3) is 0 Å². The molecule has 1 atom stereocenters. The van der Waals surface area contributed by atoms with Crippen LogP contribution in [0.1, 0.15) is 38.3 Å². The van der Waals surface area contributed by atoms with E-state index in [2.05, 4.69) is 5.32 Å². The van der Waals surface area contributed by atoms with E-state index in [1.165, 1.54) is 28.8 Å². The second-order valence-electron chi connectivity index (χ2n) is 10.4. The number of benzene rings is 3. The van der Waals surface area contributed by atoms with Crippen LogP contribution in [0.4, 0.5) is 5.69 Å². The Morgan fingerprint density at radius 3 is 2.14 bits per heavy atom. The van der Waals surface area contributed by atoms with Crippen molar-refractivity contribution in [1.29, 1.82) is 0 Å². The van der Waals surface area contributed by atoms with Crippen molar-refractivity contribution >= 4 is 62.5 Å². The Kier molecular flexibility index (Phi) is 12.2. The molecular formula is C31H37Cl2N3O4S2. The van der Waals surface area contributed by atoms with Gasteiger partial charge in [-0.3, -0.25) is 13.9 Å². The lowest BCUT2D eigenvalue weighted by Gasteiger charge is -2.33. The normalized spacial score (nSPS) is 12.2. The van der Waals surface area contributed by atoms with Crippen LogP contribution in [-0.4, -0.2) is 50.5 Å². The summed E-state index contributed by atoms with van der Waals surface area (Å²) >= 11 is 13.9. The number of carbonyl (C=O) groups is 2. The molecule has 0 spiro atoms. The number of sulfonamides is 1. The molecule has 0 saturated heterocycles. The predicted molar refractivity (Wildman–Crippen MR) is 173 cm³/mol. The molecule has 0 aliphatic heterocycles. The number of amides is 2. The molecule has 226 valence electrons. The van der Waals surface area contributed by atoms with E-state index in [0.717, 1.165) is 14.8 Å². The van der Waals surface area contributed by atoms with Gasteiger partial charge in [-0.05, 0) is 79.6 Å². The monoisotopic (exact) mass is 649 g/mol. The molecule has 0 aliphatic carbocycles. The van der Waals surface area contributed by atoms with Crippen molar-refractivity contribution in [2.45, 2.75) is 56.5 Å². The number of carbonyl (C=O) groups excluding carboxylic acids is 2. The minimum absolute atomic E-state index is 0.0353. The van der Waals surface area contributed by atoms with E-state index in [0.29, 0.717) is 34.3 Å². The lowest BCUT2D eigenvalue weighted by atomic mass is 10.1. The van der Waals surface area contributed by atoms with Crippen LogP contribution in [0.15, 0.2) is 76.5 Å². The highest BCUT2D eigenvalue weighted by molar-refractivity contribution is 7.98. The van der Waals surface area contributed by atoms with E-state index in [1.54, 1.807) is 54.6 Å². The van der Waals surface area contributed by atoms with Gasteiger partial charge in [0.05, 0.1) is 20.6 Å². The maximum Gasteiger partial charge on any atom is 0.264 e. The zero-order valence-corrected chi connectivity index (χ0v) is 27.6. The summed E-state index contributed by atoms with van der Waals surface area (Å²) in [6, 6.07) is 17.6. The van der Waals surface area contributed by atoms with Crippen molar-refractivity contribution < 1.29 is 18.0 Å². The average molecular weight is 651 g/mol. The summed E-state index contributed by atoms with van der Waals surface area (Å²) < 4.78 is 29.1. The first-order valence-electron chi connectivity index (χ1n) is 13.6. The fourth-order valence-electron chi connectivity index (χ4n) is 4.29. The standard InChI is InChI=1S/C31H37Cl2N3O4S2/c1-6-29(31(38)34-18-21(2)3)35(19-23-9-16-27(32)28(33)17-23)30(37)20-36(24-10-7-22(4)8-11-24)42(39,40)26-14-12-25(41-5)13-15-26/h7-17,21,29H,6,18-20H2,1-5H3,(H,34,38)/t29-/m0/s1. The van der Waals surface area contributed by atoms with E-state index in [9.17, 15) is 18.0 Å². The molecule has 7 nitrogen and oxygen atoms in total. The molecule has 0 saturated carbocycles. The predicted octanol–water partition coefficient (Wildman–Crippen LogP) is 6.80. The number of thioether (sulfide) groups is 1. The minimum atomic E-state index is -4.14. The third kappa shape index (κ3) is 8.66. The maximum absolute atomic E-state index is 14.1. The summed E-state index contributed by atoms with van der Waals surface area (Å²) in [6.45, 7) is 7.65. The molecule has 0 radical (unpaired) electrons. The van der Waals surface area contributed by atoms with Crippen LogP contribution < -0.4 is 9.62 Å². The first-order valence-corrected chi connectivity index (χ1v) is 17.0. The first kappa shape index (κ1) is 33.8. The van der Waals surface area contributed by atoms with Crippen molar-refractivity contribution in [1.82, 2.24) is 10.2 Å². The van der Waals surface area contributed by atoms with Gasteiger partial charge < -0.3 is 10.2 Å². The second-order valence-corrected chi connectivity index (χ2v) is 13.9. The van der Waals surface area contributed by atoms with E-state index in [4.69, 9.17) is 23.2 Å². The van der Waals surface area contributed by atoms with Gasteiger partial charge in [0.1, 0.15) is 12.6 Å².